The molecule has 1 aliphatic heterocycles. The first-order chi connectivity index (χ1) is 17.0. The minimum atomic E-state index is -1.71. The van der Waals surface area contributed by atoms with Crippen molar-refractivity contribution in [3.63, 3.8) is 0 Å². The van der Waals surface area contributed by atoms with E-state index in [0.29, 0.717) is 35.3 Å². The lowest BCUT2D eigenvalue weighted by molar-refractivity contribution is -0.144. The van der Waals surface area contributed by atoms with E-state index >= 15 is 0 Å². The van der Waals surface area contributed by atoms with Crippen LogP contribution in [0.5, 0.6) is 0 Å². The van der Waals surface area contributed by atoms with E-state index in [2.05, 4.69) is 30.5 Å². The zero-order chi connectivity index (χ0) is 24.0. The number of pyridine rings is 2. The van der Waals surface area contributed by atoms with Crippen molar-refractivity contribution in [1.82, 2.24) is 34.6 Å². The van der Waals surface area contributed by atoms with Gasteiger partial charge in [-0.05, 0) is 30.3 Å². The van der Waals surface area contributed by atoms with Crippen molar-refractivity contribution in [2.75, 3.05) is 18.9 Å². The molecular weight excluding hydrogens is 448 g/mol. The second-order valence-electron chi connectivity index (χ2n) is 8.30. The summed E-state index contributed by atoms with van der Waals surface area (Å²) in [5.74, 6) is 0.105. The third kappa shape index (κ3) is 3.58. The highest BCUT2D eigenvalue weighted by Crippen LogP contribution is 2.34. The second-order valence-corrected chi connectivity index (χ2v) is 8.30. The van der Waals surface area contributed by atoms with Crippen molar-refractivity contribution in [1.29, 1.82) is 0 Å². The number of amides is 1. The predicted octanol–water partition coefficient (Wildman–Crippen LogP) is 2.63. The van der Waals surface area contributed by atoms with Crippen LogP contribution in [0.25, 0.3) is 28.3 Å². The fourth-order valence-corrected chi connectivity index (χ4v) is 4.11. The molecule has 6 heterocycles. The van der Waals surface area contributed by atoms with Crippen LogP contribution < -0.4 is 5.32 Å². The largest absolute Gasteiger partial charge is 0.373 e. The third-order valence-electron chi connectivity index (χ3n) is 6.03. The molecule has 5 aromatic rings. The Kier molecular flexibility index (Phi) is 4.78. The van der Waals surface area contributed by atoms with Crippen molar-refractivity contribution >= 4 is 23.1 Å². The van der Waals surface area contributed by atoms with Gasteiger partial charge in [0, 0.05) is 38.5 Å². The Morgan fingerprint density at radius 3 is 2.71 bits per heavy atom. The van der Waals surface area contributed by atoms with Crippen molar-refractivity contribution < 1.29 is 14.4 Å². The Balaban J connectivity index is 1.28. The molecule has 1 atom stereocenters. The van der Waals surface area contributed by atoms with Crippen molar-refractivity contribution in [3.8, 4) is 22.8 Å². The molecule has 11 nitrogen and oxygen atoms in total. The van der Waals surface area contributed by atoms with E-state index in [9.17, 15) is 9.90 Å². The molecule has 1 fully saturated rings. The number of rotatable bonds is 5. The van der Waals surface area contributed by atoms with Gasteiger partial charge < -0.3 is 19.8 Å². The predicted molar refractivity (Wildman–Crippen MR) is 125 cm³/mol. The SMILES string of the molecule is CN1CC[C@@](O)(c2cc(-c3cccc(-c4ccnc(Nc5cnn6ccccc56)n4)n3)no2)C1=O. The van der Waals surface area contributed by atoms with Crippen LogP contribution in [0.4, 0.5) is 11.6 Å². The monoisotopic (exact) mass is 468 g/mol. The lowest BCUT2D eigenvalue weighted by Gasteiger charge is -2.16. The van der Waals surface area contributed by atoms with Gasteiger partial charge in [-0.1, -0.05) is 17.3 Å². The third-order valence-corrected chi connectivity index (χ3v) is 6.03. The first-order valence-electron chi connectivity index (χ1n) is 11.0. The number of hydrogen-bond acceptors (Lipinski definition) is 9. The molecule has 5 aromatic heterocycles. The van der Waals surface area contributed by atoms with Gasteiger partial charge in [-0.3, -0.25) is 4.79 Å². The highest BCUT2D eigenvalue weighted by atomic mass is 16.5. The highest BCUT2D eigenvalue weighted by molar-refractivity contribution is 5.87. The van der Waals surface area contributed by atoms with E-state index in [1.807, 2.05) is 36.5 Å². The topological polar surface area (TPSA) is 135 Å². The molecule has 0 aliphatic carbocycles. The maximum absolute atomic E-state index is 12.4. The first kappa shape index (κ1) is 20.9. The van der Waals surface area contributed by atoms with Crippen molar-refractivity contribution in [2.45, 2.75) is 12.0 Å². The Hall–Kier alpha value is -4.64. The molecule has 1 aliphatic rings. The summed E-state index contributed by atoms with van der Waals surface area (Å²) < 4.78 is 7.11. The molecule has 1 saturated heterocycles. The van der Waals surface area contributed by atoms with Crippen LogP contribution in [-0.2, 0) is 10.4 Å². The molecule has 0 saturated carbocycles. The zero-order valence-corrected chi connectivity index (χ0v) is 18.7. The Morgan fingerprint density at radius 1 is 1.06 bits per heavy atom. The highest BCUT2D eigenvalue weighted by Gasteiger charge is 2.48. The summed E-state index contributed by atoms with van der Waals surface area (Å²) in [4.78, 5) is 27.4. The van der Waals surface area contributed by atoms with Gasteiger partial charge in [-0.2, -0.15) is 5.10 Å². The molecular formula is C24H20N8O3. The average molecular weight is 468 g/mol. The van der Waals surface area contributed by atoms with E-state index in [0.717, 1.165) is 11.2 Å². The molecule has 174 valence electrons. The van der Waals surface area contributed by atoms with Crippen molar-refractivity contribution in [3.05, 3.63) is 72.9 Å². The smallest absolute Gasteiger partial charge is 0.262 e. The van der Waals surface area contributed by atoms with Crippen LogP contribution in [0.3, 0.4) is 0 Å². The number of aromatic nitrogens is 6. The van der Waals surface area contributed by atoms with E-state index in [1.54, 1.807) is 42.2 Å². The number of nitrogens with one attached hydrogen (secondary N) is 1. The number of aliphatic hydroxyl groups is 1. The van der Waals surface area contributed by atoms with Crippen LogP contribution in [0.1, 0.15) is 12.2 Å². The number of fused-ring (bicyclic) bond motifs is 1. The number of likely N-dealkylation sites (N-methyl/N-ethyl adjacent to an activating group) is 1. The number of nitrogens with zero attached hydrogens (tertiary/aromatic N) is 7. The molecule has 0 aromatic carbocycles. The fourth-order valence-electron chi connectivity index (χ4n) is 4.11. The minimum absolute atomic E-state index is 0.107. The maximum Gasteiger partial charge on any atom is 0.262 e. The van der Waals surface area contributed by atoms with Crippen LogP contribution in [0.15, 0.2) is 71.6 Å². The molecule has 35 heavy (non-hydrogen) atoms. The molecule has 0 unspecified atom stereocenters. The van der Waals surface area contributed by atoms with Crippen LogP contribution in [0.2, 0.25) is 0 Å². The number of carbonyl (C=O) groups excluding carboxylic acids is 1. The summed E-state index contributed by atoms with van der Waals surface area (Å²) in [7, 11) is 1.64. The molecule has 11 heteroatoms. The van der Waals surface area contributed by atoms with E-state index in [4.69, 9.17) is 4.52 Å². The summed E-state index contributed by atoms with van der Waals surface area (Å²) in [6.07, 6.45) is 5.47. The Labute approximate surface area is 199 Å². The van der Waals surface area contributed by atoms with Crippen LogP contribution in [0, 0.1) is 0 Å². The van der Waals surface area contributed by atoms with Gasteiger partial charge in [0.05, 0.1) is 34.5 Å². The number of hydrogen-bond donors (Lipinski definition) is 2. The number of likely N-dealkylation sites (tertiary alicyclic amines) is 1. The van der Waals surface area contributed by atoms with Crippen LogP contribution in [-0.4, -0.2) is 59.2 Å². The first-order valence-corrected chi connectivity index (χ1v) is 11.0. The molecule has 6 rings (SSSR count). The van der Waals surface area contributed by atoms with Gasteiger partial charge in [0.2, 0.25) is 11.5 Å². The normalized spacial score (nSPS) is 17.9. The van der Waals surface area contributed by atoms with Gasteiger partial charge in [-0.25, -0.2) is 19.5 Å². The van der Waals surface area contributed by atoms with Gasteiger partial charge in [0.15, 0.2) is 5.76 Å². The van der Waals surface area contributed by atoms with Gasteiger partial charge in [-0.15, -0.1) is 0 Å². The molecule has 0 spiro atoms. The summed E-state index contributed by atoms with van der Waals surface area (Å²) in [5, 5.41) is 22.4. The Morgan fingerprint density at radius 2 is 1.89 bits per heavy atom. The molecule has 1 amide bonds. The Bertz CT molecular complexity index is 1560. The lowest BCUT2D eigenvalue weighted by Crippen LogP contribution is -2.35. The molecule has 0 bridgehead atoms. The zero-order valence-electron chi connectivity index (χ0n) is 18.7. The second kappa shape index (κ2) is 7.99. The molecule has 2 N–H and O–H groups in total. The van der Waals surface area contributed by atoms with Gasteiger partial charge in [0.25, 0.3) is 5.91 Å². The lowest BCUT2D eigenvalue weighted by atomic mass is 9.98. The van der Waals surface area contributed by atoms with E-state index in [-0.39, 0.29) is 12.2 Å². The number of carbonyl (C=O) groups is 1. The standard InChI is InChI=1S/C24H20N8O3/c1-31-12-9-24(34,22(31)33)21-13-18(30-35-21)16-6-4-5-15(27-16)17-8-10-25-23(28-17)29-19-14-26-32-11-3-2-7-20(19)32/h2-8,10-11,13-14,34H,9,12H2,1H3,(H,25,28,29)/t24-/m1/s1. The summed E-state index contributed by atoms with van der Waals surface area (Å²) in [6.45, 7) is 0.443. The van der Waals surface area contributed by atoms with E-state index in [1.165, 1.54) is 4.90 Å². The minimum Gasteiger partial charge on any atom is -0.373 e. The quantitative estimate of drug-likeness (QED) is 0.399. The fraction of sp³-hybridized carbons (Fsp3) is 0.167. The maximum atomic E-state index is 12.4. The summed E-state index contributed by atoms with van der Waals surface area (Å²) in [5.41, 5.74) is 2.13. The van der Waals surface area contributed by atoms with Crippen LogP contribution >= 0.6 is 0 Å². The summed E-state index contributed by atoms with van der Waals surface area (Å²) >= 11 is 0. The van der Waals surface area contributed by atoms with E-state index < -0.39 is 11.5 Å². The average Bonchev–Trinajstić information content (AvgIpc) is 3.61. The molecule has 0 radical (unpaired) electrons. The van der Waals surface area contributed by atoms with Crippen molar-refractivity contribution in [2.24, 2.45) is 0 Å². The van der Waals surface area contributed by atoms with Gasteiger partial charge in [0.1, 0.15) is 5.69 Å². The van der Waals surface area contributed by atoms with Gasteiger partial charge >= 0.3 is 0 Å². The summed E-state index contributed by atoms with van der Waals surface area (Å²) in [6, 6.07) is 14.5. The number of anilines is 2.